The van der Waals surface area contributed by atoms with Gasteiger partial charge >= 0.3 is 0 Å². The molecule has 0 spiro atoms. The second-order valence-electron chi connectivity index (χ2n) is 7.11. The Morgan fingerprint density at radius 1 is 0.806 bits per heavy atom. The monoisotopic (exact) mass is 413 g/mol. The maximum Gasteiger partial charge on any atom is 0.225 e. The first-order valence-corrected chi connectivity index (χ1v) is 9.97. The number of carbonyl (C=O) groups excluding carboxylic acids is 1. The fraction of sp³-hybridized carbons (Fsp3) is 0.154. The quantitative estimate of drug-likeness (QED) is 0.370. The van der Waals surface area contributed by atoms with Crippen LogP contribution < -0.4 is 14.2 Å². The number of ether oxygens (including phenoxy) is 3. The predicted octanol–water partition coefficient (Wildman–Crippen LogP) is 5.23. The smallest absolute Gasteiger partial charge is 0.225 e. The number of nitrogens with zero attached hydrogens (tertiary/aromatic N) is 1. The van der Waals surface area contributed by atoms with E-state index in [-0.39, 0.29) is 0 Å². The van der Waals surface area contributed by atoms with E-state index < -0.39 is 0 Å². The van der Waals surface area contributed by atoms with Crippen molar-refractivity contribution in [2.45, 2.75) is 13.0 Å². The maximum atomic E-state index is 12.0. The summed E-state index contributed by atoms with van der Waals surface area (Å²) in [6, 6.07) is 23.3. The molecule has 1 aromatic heterocycles. The van der Waals surface area contributed by atoms with Gasteiger partial charge in [0, 0.05) is 11.8 Å². The van der Waals surface area contributed by atoms with Crippen LogP contribution in [0.25, 0.3) is 10.8 Å². The first kappa shape index (κ1) is 20.4. The van der Waals surface area contributed by atoms with Gasteiger partial charge in [0.25, 0.3) is 0 Å². The molecular weight excluding hydrogens is 390 g/mol. The van der Waals surface area contributed by atoms with Crippen molar-refractivity contribution in [2.75, 3.05) is 14.2 Å². The number of aromatic nitrogens is 1. The van der Waals surface area contributed by atoms with Gasteiger partial charge in [-0.1, -0.05) is 42.5 Å². The van der Waals surface area contributed by atoms with Gasteiger partial charge in [0.2, 0.25) is 5.88 Å². The Balaban J connectivity index is 1.80. The standard InChI is InChI=1S/C26H23NO4/c1-29-20-10-6-9-19(13-20)14-25-23-15-21(30-2)11-12-22(23)24(16-28)26(27-25)31-17-18-7-4-3-5-8-18/h3-13,15-16H,14,17H2,1-2H3. The number of fused-ring (bicyclic) bond motifs is 1. The van der Waals surface area contributed by atoms with E-state index in [0.717, 1.165) is 39.6 Å². The molecule has 5 nitrogen and oxygen atoms in total. The largest absolute Gasteiger partial charge is 0.497 e. The SMILES string of the molecule is COc1cccc(Cc2nc(OCc3ccccc3)c(C=O)c3ccc(OC)cc23)c1. The van der Waals surface area contributed by atoms with E-state index in [9.17, 15) is 4.79 Å². The lowest BCUT2D eigenvalue weighted by molar-refractivity contribution is 0.111. The van der Waals surface area contributed by atoms with E-state index >= 15 is 0 Å². The molecule has 0 saturated heterocycles. The van der Waals surface area contributed by atoms with E-state index in [2.05, 4.69) is 0 Å². The molecule has 5 heteroatoms. The molecule has 0 fully saturated rings. The Morgan fingerprint density at radius 2 is 1.55 bits per heavy atom. The van der Waals surface area contributed by atoms with Gasteiger partial charge in [-0.25, -0.2) is 4.98 Å². The van der Waals surface area contributed by atoms with Gasteiger partial charge in [-0.15, -0.1) is 0 Å². The Hall–Kier alpha value is -3.86. The summed E-state index contributed by atoms with van der Waals surface area (Å²) in [6.45, 7) is 0.328. The van der Waals surface area contributed by atoms with E-state index in [0.29, 0.717) is 30.2 Å². The summed E-state index contributed by atoms with van der Waals surface area (Å²) >= 11 is 0. The summed E-state index contributed by atoms with van der Waals surface area (Å²) in [5.74, 6) is 1.81. The number of rotatable bonds is 8. The lowest BCUT2D eigenvalue weighted by Gasteiger charge is -2.15. The summed E-state index contributed by atoms with van der Waals surface area (Å²) in [7, 11) is 3.26. The lowest BCUT2D eigenvalue weighted by atomic mass is 10.00. The number of aldehydes is 1. The van der Waals surface area contributed by atoms with Crippen molar-refractivity contribution >= 4 is 17.1 Å². The van der Waals surface area contributed by atoms with Gasteiger partial charge in [0.15, 0.2) is 6.29 Å². The third-order valence-corrected chi connectivity index (χ3v) is 5.14. The minimum absolute atomic E-state index is 0.328. The molecule has 0 bridgehead atoms. The van der Waals surface area contributed by atoms with Crippen LogP contribution in [0.5, 0.6) is 17.4 Å². The lowest BCUT2D eigenvalue weighted by Crippen LogP contribution is -2.05. The van der Waals surface area contributed by atoms with E-state index in [1.807, 2.05) is 72.8 Å². The number of pyridine rings is 1. The number of carbonyl (C=O) groups is 1. The van der Waals surface area contributed by atoms with Gasteiger partial charge < -0.3 is 14.2 Å². The molecule has 0 aliphatic rings. The van der Waals surface area contributed by atoms with Crippen LogP contribution in [0.2, 0.25) is 0 Å². The minimum Gasteiger partial charge on any atom is -0.497 e. The van der Waals surface area contributed by atoms with Crippen LogP contribution in [0.1, 0.15) is 27.2 Å². The molecule has 0 atom stereocenters. The first-order chi connectivity index (χ1) is 15.2. The fourth-order valence-electron chi connectivity index (χ4n) is 3.54. The number of benzene rings is 3. The molecule has 0 saturated carbocycles. The molecule has 0 N–H and O–H groups in total. The highest BCUT2D eigenvalue weighted by atomic mass is 16.5. The Labute approximate surface area is 181 Å². The molecule has 156 valence electrons. The van der Waals surface area contributed by atoms with Gasteiger partial charge in [0.1, 0.15) is 18.1 Å². The van der Waals surface area contributed by atoms with Gasteiger partial charge in [-0.05, 0) is 46.8 Å². The number of hydrogen-bond donors (Lipinski definition) is 0. The van der Waals surface area contributed by atoms with Crippen LogP contribution in [0.3, 0.4) is 0 Å². The molecule has 0 aliphatic carbocycles. The first-order valence-electron chi connectivity index (χ1n) is 9.97. The van der Waals surface area contributed by atoms with Gasteiger partial charge in [0.05, 0.1) is 25.5 Å². The highest BCUT2D eigenvalue weighted by molar-refractivity contribution is 6.01. The summed E-state index contributed by atoms with van der Waals surface area (Å²) in [5, 5.41) is 1.64. The Bertz CT molecular complexity index is 1200. The summed E-state index contributed by atoms with van der Waals surface area (Å²) < 4.78 is 16.8. The van der Waals surface area contributed by atoms with Crippen molar-refractivity contribution in [3.63, 3.8) is 0 Å². The van der Waals surface area contributed by atoms with Crippen LogP contribution in [0, 0.1) is 0 Å². The second kappa shape index (κ2) is 9.30. The van der Waals surface area contributed by atoms with Crippen molar-refractivity contribution in [3.8, 4) is 17.4 Å². The zero-order valence-electron chi connectivity index (χ0n) is 17.5. The highest BCUT2D eigenvalue weighted by Gasteiger charge is 2.16. The molecule has 1 heterocycles. The van der Waals surface area contributed by atoms with Crippen LogP contribution in [0.4, 0.5) is 0 Å². The third-order valence-electron chi connectivity index (χ3n) is 5.14. The van der Waals surface area contributed by atoms with E-state index in [1.54, 1.807) is 14.2 Å². The molecule has 31 heavy (non-hydrogen) atoms. The zero-order chi connectivity index (χ0) is 21.6. The average molecular weight is 413 g/mol. The summed E-state index contributed by atoms with van der Waals surface area (Å²) in [4.78, 5) is 16.8. The molecule has 3 aromatic carbocycles. The van der Waals surface area contributed by atoms with E-state index in [4.69, 9.17) is 19.2 Å². The fourth-order valence-corrected chi connectivity index (χ4v) is 3.54. The highest BCUT2D eigenvalue weighted by Crippen LogP contribution is 2.32. The van der Waals surface area contributed by atoms with Crippen molar-refractivity contribution < 1.29 is 19.0 Å². The maximum absolute atomic E-state index is 12.0. The molecule has 0 amide bonds. The molecule has 0 unspecified atom stereocenters. The normalized spacial score (nSPS) is 10.6. The van der Waals surface area contributed by atoms with Crippen molar-refractivity contribution in [1.29, 1.82) is 0 Å². The Kier molecular flexibility index (Phi) is 6.13. The number of hydrogen-bond acceptors (Lipinski definition) is 5. The van der Waals surface area contributed by atoms with Crippen molar-refractivity contribution in [2.24, 2.45) is 0 Å². The molecule has 4 aromatic rings. The van der Waals surface area contributed by atoms with Crippen LogP contribution in [0.15, 0.2) is 72.8 Å². The van der Waals surface area contributed by atoms with Crippen LogP contribution in [-0.2, 0) is 13.0 Å². The zero-order valence-corrected chi connectivity index (χ0v) is 17.5. The van der Waals surface area contributed by atoms with Crippen LogP contribution >= 0.6 is 0 Å². The Morgan fingerprint density at radius 3 is 2.29 bits per heavy atom. The summed E-state index contributed by atoms with van der Waals surface area (Å²) in [6.07, 6.45) is 1.36. The van der Waals surface area contributed by atoms with Crippen LogP contribution in [-0.4, -0.2) is 25.5 Å². The topological polar surface area (TPSA) is 57.7 Å². The molecule has 0 aliphatic heterocycles. The molecule has 4 rings (SSSR count). The molecule has 0 radical (unpaired) electrons. The average Bonchev–Trinajstić information content (AvgIpc) is 2.83. The van der Waals surface area contributed by atoms with Crippen molar-refractivity contribution in [1.82, 2.24) is 4.98 Å². The molecular formula is C26H23NO4. The number of methoxy groups -OCH3 is 2. The second-order valence-corrected chi connectivity index (χ2v) is 7.11. The van der Waals surface area contributed by atoms with Crippen molar-refractivity contribution in [3.05, 3.63) is 95.2 Å². The minimum atomic E-state index is 0.328. The predicted molar refractivity (Wildman–Crippen MR) is 120 cm³/mol. The van der Waals surface area contributed by atoms with Gasteiger partial charge in [-0.3, -0.25) is 4.79 Å². The summed E-state index contributed by atoms with van der Waals surface area (Å²) in [5.41, 5.74) is 3.29. The van der Waals surface area contributed by atoms with Gasteiger partial charge in [-0.2, -0.15) is 0 Å². The third kappa shape index (κ3) is 4.51. The van der Waals surface area contributed by atoms with E-state index in [1.165, 1.54) is 0 Å².